The van der Waals surface area contributed by atoms with Crippen LogP contribution in [0.25, 0.3) is 10.2 Å². The first-order valence-electron chi connectivity index (χ1n) is 9.42. The summed E-state index contributed by atoms with van der Waals surface area (Å²) >= 11 is 2.76. The van der Waals surface area contributed by atoms with E-state index in [-0.39, 0.29) is 28.9 Å². The highest BCUT2D eigenvalue weighted by Crippen LogP contribution is 2.30. The van der Waals surface area contributed by atoms with Crippen molar-refractivity contribution >= 4 is 44.9 Å². The molecule has 0 aliphatic rings. The van der Waals surface area contributed by atoms with Gasteiger partial charge < -0.3 is 4.98 Å². The number of H-pyrrole nitrogens is 1. The molecular formula is C21H25N3O3S2. The number of carbonyl (C=O) groups excluding carboxylic acids is 2. The Morgan fingerprint density at radius 3 is 2.38 bits per heavy atom. The second-order valence-corrected chi connectivity index (χ2v) is 9.67. The van der Waals surface area contributed by atoms with Gasteiger partial charge in [0, 0.05) is 22.2 Å². The molecule has 0 amide bonds. The number of nitrogens with one attached hydrogen (secondary N) is 1. The van der Waals surface area contributed by atoms with Gasteiger partial charge in [-0.1, -0.05) is 11.8 Å². The van der Waals surface area contributed by atoms with Crippen LogP contribution in [-0.2, 0) is 0 Å². The number of rotatable bonds is 6. The molecule has 0 saturated carbocycles. The lowest BCUT2D eigenvalue weighted by Gasteiger charge is -2.15. The minimum Gasteiger partial charge on any atom is -0.355 e. The molecule has 0 atom stereocenters. The molecule has 3 rings (SSSR count). The van der Waals surface area contributed by atoms with E-state index in [1.54, 1.807) is 18.4 Å². The van der Waals surface area contributed by atoms with Crippen molar-refractivity contribution in [2.75, 3.05) is 5.75 Å². The highest BCUT2D eigenvalue weighted by molar-refractivity contribution is 7.99. The molecule has 0 fully saturated rings. The second-order valence-electron chi connectivity index (χ2n) is 7.52. The number of aryl methyl sites for hydroxylation is 3. The van der Waals surface area contributed by atoms with Crippen LogP contribution in [-0.4, -0.2) is 31.9 Å². The summed E-state index contributed by atoms with van der Waals surface area (Å²) in [4.78, 5) is 47.3. The molecule has 1 N–H and O–H groups in total. The fourth-order valence-corrected chi connectivity index (χ4v) is 5.67. The van der Waals surface area contributed by atoms with Gasteiger partial charge in [0.2, 0.25) is 0 Å². The van der Waals surface area contributed by atoms with Crippen molar-refractivity contribution in [3.63, 3.8) is 0 Å². The van der Waals surface area contributed by atoms with Crippen molar-refractivity contribution in [2.45, 2.75) is 59.7 Å². The lowest BCUT2D eigenvalue weighted by molar-refractivity contribution is 0.101. The quantitative estimate of drug-likeness (QED) is 0.345. The molecule has 0 unspecified atom stereocenters. The molecule has 0 bridgehead atoms. The van der Waals surface area contributed by atoms with E-state index in [1.165, 1.54) is 30.0 Å². The van der Waals surface area contributed by atoms with Crippen LogP contribution in [0.1, 0.15) is 69.4 Å². The smallest absolute Gasteiger partial charge is 0.263 e. The van der Waals surface area contributed by atoms with Crippen LogP contribution in [0.5, 0.6) is 0 Å². The number of aromatic nitrogens is 3. The van der Waals surface area contributed by atoms with Crippen LogP contribution in [0, 0.1) is 27.7 Å². The van der Waals surface area contributed by atoms with Gasteiger partial charge in [-0.15, -0.1) is 11.3 Å². The summed E-state index contributed by atoms with van der Waals surface area (Å²) in [5, 5.41) is 1.21. The van der Waals surface area contributed by atoms with Crippen LogP contribution in [0.15, 0.2) is 9.95 Å². The van der Waals surface area contributed by atoms with Crippen molar-refractivity contribution in [3.05, 3.63) is 43.3 Å². The van der Waals surface area contributed by atoms with E-state index in [0.29, 0.717) is 37.9 Å². The normalized spacial score (nSPS) is 11.6. The molecule has 0 aromatic carbocycles. The minimum absolute atomic E-state index is 0.0624. The summed E-state index contributed by atoms with van der Waals surface area (Å²) in [6.45, 7) is 12.9. The molecule has 3 aromatic heterocycles. The summed E-state index contributed by atoms with van der Waals surface area (Å²) in [6.07, 6.45) is 0. The van der Waals surface area contributed by atoms with Gasteiger partial charge in [-0.05, 0) is 59.6 Å². The van der Waals surface area contributed by atoms with Gasteiger partial charge in [0.15, 0.2) is 16.7 Å². The Morgan fingerprint density at radius 2 is 1.83 bits per heavy atom. The van der Waals surface area contributed by atoms with Gasteiger partial charge >= 0.3 is 0 Å². The molecule has 3 aromatic rings. The maximum Gasteiger partial charge on any atom is 0.263 e. The van der Waals surface area contributed by atoms with Crippen LogP contribution >= 0.6 is 23.1 Å². The van der Waals surface area contributed by atoms with Crippen molar-refractivity contribution in [2.24, 2.45) is 0 Å². The van der Waals surface area contributed by atoms with Crippen LogP contribution in [0.3, 0.4) is 0 Å². The van der Waals surface area contributed by atoms with Gasteiger partial charge in [-0.3, -0.25) is 19.0 Å². The number of thioether (sulfide) groups is 1. The lowest BCUT2D eigenvalue weighted by Crippen LogP contribution is -2.25. The first-order chi connectivity index (χ1) is 13.5. The Morgan fingerprint density at radius 1 is 1.17 bits per heavy atom. The van der Waals surface area contributed by atoms with Gasteiger partial charge in [0.25, 0.3) is 5.56 Å². The van der Waals surface area contributed by atoms with Crippen molar-refractivity contribution in [1.29, 1.82) is 0 Å². The topological polar surface area (TPSA) is 84.8 Å². The summed E-state index contributed by atoms with van der Waals surface area (Å²) in [5.74, 6) is -0.0509. The highest BCUT2D eigenvalue weighted by Gasteiger charge is 2.22. The second kappa shape index (κ2) is 7.91. The predicted molar refractivity (Wildman–Crippen MR) is 119 cm³/mol. The third-order valence-electron chi connectivity index (χ3n) is 5.12. The van der Waals surface area contributed by atoms with Crippen LogP contribution < -0.4 is 5.56 Å². The third kappa shape index (κ3) is 3.71. The molecular weight excluding hydrogens is 406 g/mol. The van der Waals surface area contributed by atoms with E-state index < -0.39 is 0 Å². The van der Waals surface area contributed by atoms with E-state index in [1.807, 2.05) is 27.7 Å². The van der Waals surface area contributed by atoms with Crippen LogP contribution in [0.2, 0.25) is 0 Å². The molecule has 0 radical (unpaired) electrons. The maximum atomic E-state index is 13.1. The Bertz CT molecular complexity index is 1200. The number of aromatic amines is 1. The van der Waals surface area contributed by atoms with Crippen molar-refractivity contribution < 1.29 is 9.59 Å². The Balaban J connectivity index is 1.98. The van der Waals surface area contributed by atoms with Crippen molar-refractivity contribution in [1.82, 2.24) is 14.5 Å². The molecule has 0 aliphatic carbocycles. The summed E-state index contributed by atoms with van der Waals surface area (Å²) in [7, 11) is 0. The zero-order chi connectivity index (χ0) is 21.6. The molecule has 29 heavy (non-hydrogen) atoms. The molecule has 0 saturated heterocycles. The first kappa shape index (κ1) is 21.5. The zero-order valence-corrected chi connectivity index (χ0v) is 19.4. The van der Waals surface area contributed by atoms with E-state index in [2.05, 4.69) is 4.98 Å². The molecule has 3 heterocycles. The molecule has 8 heteroatoms. The standard InChI is InChI=1S/C21H25N3O3S2/c1-9(2)24-20(27)17-10(3)14(7)29-19(17)23-21(24)28-8-15(26)18-11(4)16(13(6)25)12(5)22-18/h9,22H,8H2,1-7H3. The highest BCUT2D eigenvalue weighted by atomic mass is 32.2. The summed E-state index contributed by atoms with van der Waals surface area (Å²) in [6, 6.07) is -0.0737. The van der Waals surface area contributed by atoms with Crippen LogP contribution in [0.4, 0.5) is 0 Å². The van der Waals surface area contributed by atoms with Crippen molar-refractivity contribution in [3.8, 4) is 0 Å². The van der Waals surface area contributed by atoms with Gasteiger partial charge in [0.05, 0.1) is 16.8 Å². The van der Waals surface area contributed by atoms with Gasteiger partial charge in [0.1, 0.15) is 4.83 Å². The fraction of sp³-hybridized carbons (Fsp3) is 0.429. The first-order valence-corrected chi connectivity index (χ1v) is 11.2. The number of carbonyl (C=O) groups is 2. The SMILES string of the molecule is CC(=O)c1c(C)[nH]c(C(=O)CSc2nc3sc(C)c(C)c3c(=O)n2C(C)C)c1C. The fourth-order valence-electron chi connectivity index (χ4n) is 3.60. The Hall–Kier alpha value is -2.19. The number of Topliss-reactive ketones (excluding diaryl/α,β-unsaturated/α-hetero) is 2. The number of hydrogen-bond donors (Lipinski definition) is 1. The molecule has 0 spiro atoms. The third-order valence-corrected chi connectivity index (χ3v) is 7.17. The van der Waals surface area contributed by atoms with Gasteiger partial charge in [-0.25, -0.2) is 4.98 Å². The maximum absolute atomic E-state index is 13.1. The van der Waals surface area contributed by atoms with E-state index in [9.17, 15) is 14.4 Å². The number of nitrogens with zero attached hydrogens (tertiary/aromatic N) is 2. The number of thiophene rings is 1. The molecule has 154 valence electrons. The zero-order valence-electron chi connectivity index (χ0n) is 17.7. The summed E-state index contributed by atoms with van der Waals surface area (Å²) < 4.78 is 1.66. The van der Waals surface area contributed by atoms with E-state index in [0.717, 1.165) is 10.4 Å². The minimum atomic E-state index is -0.119. The molecule has 0 aliphatic heterocycles. The Kier molecular flexibility index (Phi) is 5.87. The number of fused-ring (bicyclic) bond motifs is 1. The number of hydrogen-bond acceptors (Lipinski definition) is 6. The van der Waals surface area contributed by atoms with Gasteiger partial charge in [-0.2, -0.15) is 0 Å². The Labute approximate surface area is 177 Å². The van der Waals surface area contributed by atoms with E-state index in [4.69, 9.17) is 4.98 Å². The average molecular weight is 432 g/mol. The average Bonchev–Trinajstić information content (AvgIpc) is 3.08. The number of ketones is 2. The predicted octanol–water partition coefficient (Wildman–Crippen LogP) is 4.78. The van der Waals surface area contributed by atoms with E-state index >= 15 is 0 Å². The monoisotopic (exact) mass is 431 g/mol. The lowest BCUT2D eigenvalue weighted by atomic mass is 10.1. The largest absolute Gasteiger partial charge is 0.355 e. The molecule has 6 nitrogen and oxygen atoms in total. The summed E-state index contributed by atoms with van der Waals surface area (Å²) in [5.41, 5.74) is 3.30.